The fraction of sp³-hybridized carbons (Fsp3) is 0.333. The summed E-state index contributed by atoms with van der Waals surface area (Å²) in [4.78, 5) is 11.2. The molecule has 0 radical (unpaired) electrons. The number of aromatic nitrogens is 2. The Hall–Kier alpha value is -2.84. The van der Waals surface area contributed by atoms with Gasteiger partial charge in [0.25, 0.3) is 0 Å². The minimum atomic E-state index is -3.65. The second kappa shape index (κ2) is 8.60. The summed E-state index contributed by atoms with van der Waals surface area (Å²) in [5, 5.41) is 0. The van der Waals surface area contributed by atoms with Crippen molar-refractivity contribution in [3.05, 3.63) is 72.2 Å². The second-order valence-electron chi connectivity index (χ2n) is 8.91. The molecule has 0 spiro atoms. The molecular formula is C24H27FN4O2S. The Bertz CT molecular complexity index is 1180. The lowest BCUT2D eigenvalue weighted by Gasteiger charge is -2.34. The zero-order valence-corrected chi connectivity index (χ0v) is 19.3. The molecule has 0 amide bonds. The average Bonchev–Trinajstić information content (AvgIpc) is 2.79. The maximum Gasteiger partial charge on any atom is 0.243 e. The van der Waals surface area contributed by atoms with Gasteiger partial charge in [-0.3, -0.25) is 0 Å². The van der Waals surface area contributed by atoms with Crippen molar-refractivity contribution in [3.8, 4) is 11.3 Å². The van der Waals surface area contributed by atoms with Crippen LogP contribution in [0.15, 0.2) is 65.7 Å². The first-order chi connectivity index (χ1) is 15.1. The van der Waals surface area contributed by atoms with E-state index in [1.807, 2.05) is 11.0 Å². The molecule has 168 valence electrons. The molecule has 0 aliphatic carbocycles. The van der Waals surface area contributed by atoms with Crippen molar-refractivity contribution >= 4 is 16.0 Å². The van der Waals surface area contributed by atoms with E-state index in [4.69, 9.17) is 4.98 Å². The van der Waals surface area contributed by atoms with Gasteiger partial charge in [0.15, 0.2) is 0 Å². The summed E-state index contributed by atoms with van der Waals surface area (Å²) in [5.74, 6) is 0.125. The molecule has 0 bridgehead atoms. The Morgan fingerprint density at radius 3 is 2.09 bits per heavy atom. The maximum atomic E-state index is 13.2. The van der Waals surface area contributed by atoms with Crippen LogP contribution in [0.1, 0.15) is 26.3 Å². The van der Waals surface area contributed by atoms with E-state index in [0.29, 0.717) is 32.1 Å². The van der Waals surface area contributed by atoms with Gasteiger partial charge in [-0.15, -0.1) is 0 Å². The molecule has 0 saturated carbocycles. The quantitative estimate of drug-likeness (QED) is 0.594. The van der Waals surface area contributed by atoms with Crippen LogP contribution >= 0.6 is 0 Å². The Morgan fingerprint density at radius 2 is 1.50 bits per heavy atom. The number of benzene rings is 2. The summed E-state index contributed by atoms with van der Waals surface area (Å²) < 4.78 is 40.2. The predicted molar refractivity (Wildman–Crippen MR) is 124 cm³/mol. The lowest BCUT2D eigenvalue weighted by Crippen LogP contribution is -2.49. The van der Waals surface area contributed by atoms with E-state index in [9.17, 15) is 12.8 Å². The highest BCUT2D eigenvalue weighted by atomic mass is 32.2. The summed E-state index contributed by atoms with van der Waals surface area (Å²) in [5.41, 5.74) is 3.19. The van der Waals surface area contributed by atoms with Gasteiger partial charge in [-0.2, -0.15) is 4.31 Å². The molecule has 1 aromatic heterocycles. The lowest BCUT2D eigenvalue weighted by molar-refractivity contribution is 0.382. The van der Waals surface area contributed by atoms with Gasteiger partial charge < -0.3 is 4.90 Å². The maximum absolute atomic E-state index is 13.2. The molecule has 0 atom stereocenters. The third-order valence-electron chi connectivity index (χ3n) is 5.66. The lowest BCUT2D eigenvalue weighted by atomic mass is 9.86. The Labute approximate surface area is 188 Å². The molecule has 2 heterocycles. The van der Waals surface area contributed by atoms with E-state index in [-0.39, 0.29) is 10.3 Å². The molecule has 3 aromatic rings. The Balaban J connectivity index is 1.47. The van der Waals surface area contributed by atoms with Crippen LogP contribution < -0.4 is 4.90 Å². The molecule has 2 aromatic carbocycles. The fourth-order valence-electron chi connectivity index (χ4n) is 3.69. The number of piperazine rings is 1. The normalized spacial score (nSPS) is 15.7. The van der Waals surface area contributed by atoms with Gasteiger partial charge in [0.05, 0.1) is 10.6 Å². The van der Waals surface area contributed by atoms with E-state index < -0.39 is 15.8 Å². The second-order valence-corrected chi connectivity index (χ2v) is 10.9. The molecule has 1 aliphatic heterocycles. The Morgan fingerprint density at radius 1 is 0.875 bits per heavy atom. The van der Waals surface area contributed by atoms with Crippen LogP contribution in [0.2, 0.25) is 0 Å². The third kappa shape index (κ3) is 4.66. The molecule has 8 heteroatoms. The van der Waals surface area contributed by atoms with E-state index in [0.717, 1.165) is 23.4 Å². The number of sulfonamides is 1. The van der Waals surface area contributed by atoms with Crippen molar-refractivity contribution in [2.75, 3.05) is 31.1 Å². The highest BCUT2D eigenvalue weighted by molar-refractivity contribution is 7.89. The number of hydrogen-bond acceptors (Lipinski definition) is 5. The molecule has 6 nitrogen and oxygen atoms in total. The van der Waals surface area contributed by atoms with Crippen LogP contribution in [0.25, 0.3) is 11.3 Å². The molecular weight excluding hydrogens is 427 g/mol. The van der Waals surface area contributed by atoms with Crippen LogP contribution in [0.5, 0.6) is 0 Å². The van der Waals surface area contributed by atoms with Crippen molar-refractivity contribution in [1.29, 1.82) is 0 Å². The van der Waals surface area contributed by atoms with Gasteiger partial charge >= 0.3 is 0 Å². The SMILES string of the molecule is CC(C)(C)c1ccc(-c2ccnc(N3CCN(S(=O)(=O)c4ccc(F)cc4)CC3)n2)cc1. The minimum absolute atomic E-state index is 0.0866. The number of anilines is 1. The summed E-state index contributed by atoms with van der Waals surface area (Å²) in [6.07, 6.45) is 1.73. The van der Waals surface area contributed by atoms with Gasteiger partial charge in [-0.25, -0.2) is 22.8 Å². The largest absolute Gasteiger partial charge is 0.338 e. The van der Waals surface area contributed by atoms with Gasteiger partial charge in [0.2, 0.25) is 16.0 Å². The van der Waals surface area contributed by atoms with Crippen molar-refractivity contribution in [1.82, 2.24) is 14.3 Å². The number of nitrogens with zero attached hydrogens (tertiary/aromatic N) is 4. The standard InChI is InChI=1S/C24H27FN4O2S/c1-24(2,3)19-6-4-18(5-7-19)22-12-13-26-23(27-22)28-14-16-29(17-15-28)32(30,31)21-10-8-20(25)9-11-21/h4-13H,14-17H2,1-3H3. The van der Waals surface area contributed by atoms with Crippen LogP contribution in [0.3, 0.4) is 0 Å². The van der Waals surface area contributed by atoms with Gasteiger partial charge in [0.1, 0.15) is 5.82 Å². The van der Waals surface area contributed by atoms with E-state index in [1.165, 1.54) is 22.0 Å². The molecule has 0 N–H and O–H groups in total. The van der Waals surface area contributed by atoms with E-state index >= 15 is 0 Å². The topological polar surface area (TPSA) is 66.4 Å². The van der Waals surface area contributed by atoms with Gasteiger partial charge in [0, 0.05) is 37.9 Å². The zero-order valence-electron chi connectivity index (χ0n) is 18.5. The van der Waals surface area contributed by atoms with Crippen molar-refractivity contribution in [3.63, 3.8) is 0 Å². The molecule has 4 rings (SSSR count). The highest BCUT2D eigenvalue weighted by Gasteiger charge is 2.29. The van der Waals surface area contributed by atoms with Gasteiger partial charge in [-0.05, 0) is 41.3 Å². The highest BCUT2D eigenvalue weighted by Crippen LogP contribution is 2.26. The first-order valence-corrected chi connectivity index (χ1v) is 12.0. The average molecular weight is 455 g/mol. The molecule has 1 saturated heterocycles. The van der Waals surface area contributed by atoms with Crippen LogP contribution in [-0.2, 0) is 15.4 Å². The van der Waals surface area contributed by atoms with Crippen molar-refractivity contribution in [2.45, 2.75) is 31.1 Å². The molecule has 1 aliphatic rings. The number of halogens is 1. The zero-order chi connectivity index (χ0) is 22.9. The predicted octanol–water partition coefficient (Wildman–Crippen LogP) is 4.09. The van der Waals surface area contributed by atoms with E-state index in [2.05, 4.69) is 50.0 Å². The smallest absolute Gasteiger partial charge is 0.243 e. The third-order valence-corrected chi connectivity index (χ3v) is 7.58. The van der Waals surface area contributed by atoms with Crippen molar-refractivity contribution in [2.24, 2.45) is 0 Å². The first-order valence-electron chi connectivity index (χ1n) is 10.6. The Kier molecular flexibility index (Phi) is 6.01. The number of rotatable bonds is 4. The van der Waals surface area contributed by atoms with Crippen LogP contribution in [-0.4, -0.2) is 48.9 Å². The van der Waals surface area contributed by atoms with E-state index in [1.54, 1.807) is 6.20 Å². The first kappa shape index (κ1) is 22.4. The monoisotopic (exact) mass is 454 g/mol. The van der Waals surface area contributed by atoms with Crippen LogP contribution in [0, 0.1) is 5.82 Å². The van der Waals surface area contributed by atoms with Crippen molar-refractivity contribution < 1.29 is 12.8 Å². The number of hydrogen-bond donors (Lipinski definition) is 0. The summed E-state index contributed by atoms with van der Waals surface area (Å²) in [7, 11) is -3.65. The minimum Gasteiger partial charge on any atom is -0.338 e. The fourth-order valence-corrected chi connectivity index (χ4v) is 5.11. The molecule has 1 fully saturated rings. The molecule has 0 unspecified atom stereocenters. The summed E-state index contributed by atoms with van der Waals surface area (Å²) in [6.45, 7) is 8.13. The summed E-state index contributed by atoms with van der Waals surface area (Å²) >= 11 is 0. The van der Waals surface area contributed by atoms with Gasteiger partial charge in [-0.1, -0.05) is 45.0 Å². The molecule has 32 heavy (non-hydrogen) atoms. The van der Waals surface area contributed by atoms with Crippen LogP contribution in [0.4, 0.5) is 10.3 Å². The summed E-state index contributed by atoms with van der Waals surface area (Å²) in [6, 6.07) is 15.2.